The van der Waals surface area contributed by atoms with E-state index in [-0.39, 0.29) is 120 Å². The second kappa shape index (κ2) is 76.7. The molecule has 0 radical (unpaired) electrons. The number of rotatable bonds is 77. The van der Waals surface area contributed by atoms with E-state index in [0.29, 0.717) is 111 Å². The molecular weight excluding hydrogens is 1990 g/mol. The van der Waals surface area contributed by atoms with Gasteiger partial charge in [0.15, 0.2) is 11.5 Å². The first-order chi connectivity index (χ1) is 69.1. The number of hydrogen-bond donors (Lipinski definition) is 0. The summed E-state index contributed by atoms with van der Waals surface area (Å²) in [5.74, 6) is 4.21. The summed E-state index contributed by atoms with van der Waals surface area (Å²) in [5, 5.41) is 0.344. The molecule has 2 aliphatic rings. The van der Waals surface area contributed by atoms with Crippen LogP contribution in [0.4, 0.5) is 0 Å². The highest BCUT2D eigenvalue weighted by molar-refractivity contribution is 8.00. The van der Waals surface area contributed by atoms with E-state index >= 15 is 0 Å². The Morgan fingerprint density at radius 1 is 0.289 bits per heavy atom. The summed E-state index contributed by atoms with van der Waals surface area (Å²) in [7, 11) is -10.3. The van der Waals surface area contributed by atoms with Crippen molar-refractivity contribution in [2.75, 3.05) is 155 Å². The molecule has 0 aliphatic heterocycles. The third-order valence-electron chi connectivity index (χ3n) is 23.0. The van der Waals surface area contributed by atoms with Crippen LogP contribution in [0, 0.1) is 11.8 Å². The van der Waals surface area contributed by atoms with Crippen LogP contribution in [0.5, 0.6) is 11.5 Å². The van der Waals surface area contributed by atoms with E-state index in [2.05, 4.69) is 36.4 Å². The summed E-state index contributed by atoms with van der Waals surface area (Å²) in [4.78, 5) is 65.5. The second-order valence-corrected chi connectivity index (χ2v) is 53.6. The molecule has 2 saturated carbocycles. The predicted octanol–water partition coefficient (Wildman–Crippen LogP) is 24.0. The van der Waals surface area contributed by atoms with Crippen LogP contribution in [0.1, 0.15) is 256 Å². The molecular formula is C105H172O27S5Si5. The van der Waals surface area contributed by atoms with Gasteiger partial charge in [-0.05, 0) is 242 Å². The Labute approximate surface area is 878 Å². The van der Waals surface area contributed by atoms with E-state index in [1.807, 2.05) is 218 Å². The highest BCUT2D eigenvalue weighted by atomic mass is 32.2. The number of esters is 5. The van der Waals surface area contributed by atoms with Crippen molar-refractivity contribution in [1.29, 1.82) is 0 Å². The molecule has 7 atom stereocenters. The number of hydrogen-bond acceptors (Lipinski definition) is 32. The predicted molar refractivity (Wildman–Crippen MR) is 583 cm³/mol. The van der Waals surface area contributed by atoms with Crippen LogP contribution < -0.4 is 9.47 Å². The van der Waals surface area contributed by atoms with Gasteiger partial charge in [0.25, 0.3) is 0 Å². The van der Waals surface area contributed by atoms with Crippen molar-refractivity contribution in [3.05, 3.63) is 167 Å². The topological polar surface area (TPSA) is 288 Å². The maximum Gasteiger partial charge on any atom is 0.500 e. The van der Waals surface area contributed by atoms with Crippen LogP contribution in [0.2, 0.25) is 30.2 Å². The quantitative estimate of drug-likeness (QED) is 0.0151. The van der Waals surface area contributed by atoms with E-state index in [9.17, 15) is 24.0 Å². The zero-order chi connectivity index (χ0) is 103. The van der Waals surface area contributed by atoms with Gasteiger partial charge >= 0.3 is 73.9 Å². The molecule has 5 aromatic carbocycles. The number of ether oxygens (including phenoxy) is 7. The maximum atomic E-state index is 13.2. The molecule has 0 spiro atoms. The number of carbonyl (C=O) groups excluding carboxylic acids is 5. The molecule has 0 N–H and O–H groups in total. The van der Waals surface area contributed by atoms with Gasteiger partial charge in [-0.3, -0.25) is 24.0 Å². The van der Waals surface area contributed by atoms with Crippen LogP contribution >= 0.6 is 58.8 Å². The minimum atomic E-state index is -2.73. The van der Waals surface area contributed by atoms with Crippen molar-refractivity contribution in [2.24, 2.45) is 11.8 Å². The Morgan fingerprint density at radius 2 is 0.542 bits per heavy atom. The molecule has 0 heterocycles. The van der Waals surface area contributed by atoms with Gasteiger partial charge in [-0.15, -0.1) is 0 Å². The molecule has 2 aliphatic carbocycles. The average molecular weight is 2170 g/mol. The van der Waals surface area contributed by atoms with Gasteiger partial charge in [0.1, 0.15) is 33.0 Å². The molecule has 0 bridgehead atoms. The molecule has 37 heteroatoms. The van der Waals surface area contributed by atoms with Crippen LogP contribution in [-0.4, -0.2) is 240 Å². The number of methoxy groups -OCH3 is 2. The monoisotopic (exact) mass is 2160 g/mol. The van der Waals surface area contributed by atoms with E-state index in [0.717, 1.165) is 176 Å². The van der Waals surface area contributed by atoms with Gasteiger partial charge in [0, 0.05) is 156 Å². The van der Waals surface area contributed by atoms with Crippen molar-refractivity contribution in [1.82, 2.24) is 0 Å². The Morgan fingerprint density at radius 3 is 0.803 bits per heavy atom. The molecule has 2 fully saturated rings. The summed E-state index contributed by atoms with van der Waals surface area (Å²) in [6, 6.07) is 47.1. The van der Waals surface area contributed by atoms with Gasteiger partial charge in [0.2, 0.25) is 0 Å². The lowest BCUT2D eigenvalue weighted by atomic mass is 9.89. The minimum absolute atomic E-state index is 0.00792. The molecule has 7 rings (SSSR count). The minimum Gasteiger partial charge on any atom is -0.493 e. The fourth-order valence-electron chi connectivity index (χ4n) is 17.0. The molecule has 804 valence electrons. The Kier molecular flexibility index (Phi) is 69.0. The molecule has 7 unspecified atom stereocenters. The summed E-state index contributed by atoms with van der Waals surface area (Å²) in [5.41, 5.74) is 5.77. The molecule has 0 aromatic heterocycles. The lowest BCUT2D eigenvalue weighted by Gasteiger charge is -2.31. The highest BCUT2D eigenvalue weighted by Crippen LogP contribution is 2.42. The zero-order valence-corrected chi connectivity index (χ0v) is 97.4. The van der Waals surface area contributed by atoms with Gasteiger partial charge in [0.05, 0.1) is 45.3 Å². The summed E-state index contributed by atoms with van der Waals surface area (Å²) >= 11 is 8.93. The van der Waals surface area contributed by atoms with Crippen LogP contribution in [0.15, 0.2) is 133 Å². The largest absolute Gasteiger partial charge is 0.500 e. The third kappa shape index (κ3) is 49.4. The Balaban J connectivity index is 0.000000386. The second-order valence-electron chi connectivity index (χ2n) is 33.3. The van der Waals surface area contributed by atoms with Crippen molar-refractivity contribution >= 4 is 133 Å². The van der Waals surface area contributed by atoms with Crippen LogP contribution in [-0.2, 0) is 134 Å². The van der Waals surface area contributed by atoms with Gasteiger partial charge < -0.3 is 99.5 Å². The van der Waals surface area contributed by atoms with E-state index in [1.165, 1.54) is 0 Å². The van der Waals surface area contributed by atoms with Crippen LogP contribution in [0.25, 0.3) is 0 Å². The van der Waals surface area contributed by atoms with Gasteiger partial charge in [-0.1, -0.05) is 141 Å². The lowest BCUT2D eigenvalue weighted by Crippen LogP contribution is -2.46. The number of thioether (sulfide) groups is 5. The molecule has 0 amide bonds. The zero-order valence-electron chi connectivity index (χ0n) is 88.3. The highest BCUT2D eigenvalue weighted by Gasteiger charge is 2.45. The first-order valence-electron chi connectivity index (χ1n) is 52.0. The summed E-state index contributed by atoms with van der Waals surface area (Å²) in [6.45, 7) is 38.6. The Bertz CT molecular complexity index is 3860. The van der Waals surface area contributed by atoms with Gasteiger partial charge in [-0.2, -0.15) is 58.8 Å². The Hall–Kier alpha value is -4.72. The van der Waals surface area contributed by atoms with Crippen molar-refractivity contribution < 1.29 is 124 Å². The smallest absolute Gasteiger partial charge is 0.493 e. The maximum absolute atomic E-state index is 13.2. The van der Waals surface area contributed by atoms with Crippen molar-refractivity contribution in [3.63, 3.8) is 0 Å². The third-order valence-corrected chi connectivity index (χ3v) is 45.9. The molecule has 27 nitrogen and oxygen atoms in total. The van der Waals surface area contributed by atoms with Crippen molar-refractivity contribution in [2.45, 2.75) is 283 Å². The standard InChI is InChI=1S/C44H66O10S2Si2.C34H66O10S2Si2.C27H40O7SSi/c1-7-49-57(50-8-2,51-9-3)30-20-28-55-41(39-24-15-13-16-25-39)33-43(45)47-35-37-22-19-23-38(32-37)36-48-44(46)34-42(40-26-17-14-18-27-40)56-29-21-31-58(52-10-4,53-11-5)54-12-6;1-7-39-47(40-8-2,41-9-3)27-17-25-45-31-21-15-13-19-29(31)33(35)37-23-24-38-34(36)30-20-14-16-22-32(30)46-26-18-28-48(42-10-4,43-11-5)44-12-6;1-6-32-36(33-7-2,34-8-3)18-12-17-35-26(23-13-10-9-11-14-23)20-27(28)31-21-22-15-16-24(29-4)25(19-22)30-5/h13-19,22-27,32,41-42H,7-12,20-21,28-31,33-36H2,1-6H3;29-32H,7-28H2,1-6H3;9-11,13-16,19,26H,6-8,12,17-18,20-21H2,1-5H3. The van der Waals surface area contributed by atoms with Gasteiger partial charge in [-0.25, -0.2) is 0 Å². The normalized spacial score (nSPS) is 15.8. The SMILES string of the molecule is CCO[Si](CCCSC(CC(=O)OCc1ccc(OC)c(OC)c1)c1ccccc1)(OCC)OCC.CCO[Si](CCCSC(CC(=O)OCc1cccc(COC(=O)CC(SCCC[Si](OCC)(OCC)OCC)c2ccccc2)c1)c1ccccc1)(OCC)OCC.CCO[Si](CCCSC1CCCCC1C(=O)OCCOC(=O)C1CCCCC1SCCC[Si](OCC)(OCC)OCC)(OCC)OCC. The molecule has 5 aromatic rings. The number of benzene rings is 5. The van der Waals surface area contributed by atoms with E-state index in [4.69, 9.17) is 99.5 Å². The fraction of sp³-hybridized carbons (Fsp3) is 0.667. The first-order valence-corrected chi connectivity index (χ1v) is 66.9. The van der Waals surface area contributed by atoms with Crippen molar-refractivity contribution in [3.8, 4) is 11.5 Å². The summed E-state index contributed by atoms with van der Waals surface area (Å²) < 4.78 is 129. The number of carbonyl (C=O) groups is 5. The average Bonchev–Trinajstić information content (AvgIpc) is 0.843. The fourth-order valence-corrected chi connectivity index (χ4v) is 37.7. The van der Waals surface area contributed by atoms with E-state index in [1.54, 1.807) is 55.6 Å². The lowest BCUT2D eigenvalue weighted by molar-refractivity contribution is -0.158. The first kappa shape index (κ1) is 128. The summed E-state index contributed by atoms with van der Waals surface area (Å²) in [6.07, 6.45) is 13.2. The molecule has 142 heavy (non-hydrogen) atoms. The van der Waals surface area contributed by atoms with Crippen LogP contribution in [0.3, 0.4) is 0 Å². The van der Waals surface area contributed by atoms with E-state index < -0.39 is 44.0 Å². The molecule has 0 saturated heterocycles.